The normalized spacial score (nSPS) is 12.0. The molecule has 0 amide bonds. The van der Waals surface area contributed by atoms with E-state index < -0.39 is 16.0 Å². The minimum atomic E-state index is -3.75. The van der Waals surface area contributed by atoms with Gasteiger partial charge in [0, 0.05) is 13.6 Å². The number of rotatable bonds is 7. The van der Waals surface area contributed by atoms with Gasteiger partial charge in [0.1, 0.15) is 9.77 Å². The van der Waals surface area contributed by atoms with E-state index in [1.807, 2.05) is 0 Å². The van der Waals surface area contributed by atoms with Crippen LogP contribution in [0.1, 0.15) is 21.7 Å². The molecule has 0 aliphatic heterocycles. The highest BCUT2D eigenvalue weighted by Crippen LogP contribution is 2.29. The van der Waals surface area contributed by atoms with Gasteiger partial charge in [0.25, 0.3) is 0 Å². The van der Waals surface area contributed by atoms with Crippen molar-refractivity contribution < 1.29 is 18.3 Å². The highest BCUT2D eigenvalue weighted by atomic mass is 32.2. The molecule has 0 saturated heterocycles. The molecule has 1 rings (SSSR count). The van der Waals surface area contributed by atoms with E-state index in [0.29, 0.717) is 25.1 Å². The molecule has 0 saturated carbocycles. The van der Waals surface area contributed by atoms with E-state index in [9.17, 15) is 13.2 Å². The van der Waals surface area contributed by atoms with Gasteiger partial charge in [-0.1, -0.05) is 0 Å². The molecule has 2 N–H and O–H groups in total. The van der Waals surface area contributed by atoms with Crippen LogP contribution in [0.4, 0.5) is 0 Å². The molecule has 0 fully saturated rings. The monoisotopic (exact) mass is 306 g/mol. The van der Waals surface area contributed by atoms with Crippen molar-refractivity contribution in [2.24, 2.45) is 0 Å². The van der Waals surface area contributed by atoms with Crippen molar-refractivity contribution in [3.05, 3.63) is 15.8 Å². The Bertz CT molecular complexity index is 551. The van der Waals surface area contributed by atoms with Crippen LogP contribution in [0.3, 0.4) is 0 Å². The van der Waals surface area contributed by atoms with Crippen LogP contribution >= 0.6 is 11.3 Å². The molecule has 1 heterocycles. The van der Waals surface area contributed by atoms with Crippen molar-refractivity contribution in [3.8, 4) is 0 Å². The van der Waals surface area contributed by atoms with E-state index in [4.69, 9.17) is 5.11 Å². The first kappa shape index (κ1) is 16.1. The summed E-state index contributed by atoms with van der Waals surface area (Å²) in [6.07, 6.45) is 0.665. The molecule has 0 spiro atoms. The average molecular weight is 306 g/mol. The summed E-state index contributed by atoms with van der Waals surface area (Å²) in [6.45, 7) is 2.66. The first-order chi connectivity index (χ1) is 8.82. The number of carboxylic acid groups (broad SMARTS) is 1. The molecule has 1 aromatic heterocycles. The van der Waals surface area contributed by atoms with Gasteiger partial charge in [-0.3, -0.25) is 0 Å². The zero-order valence-electron chi connectivity index (χ0n) is 11.1. The van der Waals surface area contributed by atoms with Gasteiger partial charge < -0.3 is 10.4 Å². The second-order valence-corrected chi connectivity index (χ2v) is 7.03. The fourth-order valence-corrected chi connectivity index (χ4v) is 4.44. The molecule has 0 atom stereocenters. The third-order valence-corrected chi connectivity index (χ3v) is 5.94. The van der Waals surface area contributed by atoms with Gasteiger partial charge in [0.2, 0.25) is 10.0 Å². The minimum Gasteiger partial charge on any atom is -0.477 e. The zero-order chi connectivity index (χ0) is 14.6. The lowest BCUT2D eigenvalue weighted by Crippen LogP contribution is -2.30. The summed E-state index contributed by atoms with van der Waals surface area (Å²) >= 11 is 0.939. The Hall–Kier alpha value is -0.960. The van der Waals surface area contributed by atoms with Crippen molar-refractivity contribution >= 4 is 27.3 Å². The maximum Gasteiger partial charge on any atom is 0.347 e. The van der Waals surface area contributed by atoms with E-state index in [2.05, 4.69) is 5.32 Å². The second-order valence-electron chi connectivity index (χ2n) is 4.17. The van der Waals surface area contributed by atoms with Gasteiger partial charge in [0.05, 0.1) is 0 Å². The minimum absolute atomic E-state index is 0.0862. The quantitative estimate of drug-likeness (QED) is 0.734. The molecule has 0 radical (unpaired) electrons. The third kappa shape index (κ3) is 3.53. The summed E-state index contributed by atoms with van der Waals surface area (Å²) in [5, 5.41) is 13.5. The number of hydrogen-bond donors (Lipinski definition) is 2. The molecule has 0 unspecified atom stereocenters. The lowest BCUT2D eigenvalue weighted by molar-refractivity contribution is 0.0698. The summed E-state index contributed by atoms with van der Waals surface area (Å²) in [5.41, 5.74) is 0.475. The summed E-state index contributed by atoms with van der Waals surface area (Å²) in [6, 6.07) is 0. The van der Waals surface area contributed by atoms with E-state index >= 15 is 0 Å². The van der Waals surface area contributed by atoms with Gasteiger partial charge in [0.15, 0.2) is 0 Å². The van der Waals surface area contributed by atoms with Crippen LogP contribution in [0.5, 0.6) is 0 Å². The van der Waals surface area contributed by atoms with Crippen LogP contribution in [0.2, 0.25) is 0 Å². The second kappa shape index (κ2) is 6.47. The number of carboxylic acids is 1. The Labute approximate surface area is 117 Å². The standard InChI is InChI=1S/C11H18N2O4S2/c1-8-7-18-9(11(14)15)10(8)19(16,17)13(3)6-4-5-12-2/h7,12H,4-6H2,1-3H3,(H,14,15). The first-order valence-corrected chi connectivity index (χ1v) is 8.06. The molecule has 108 valence electrons. The van der Waals surface area contributed by atoms with Crippen molar-refractivity contribution in [1.29, 1.82) is 0 Å². The lowest BCUT2D eigenvalue weighted by Gasteiger charge is -2.17. The van der Waals surface area contributed by atoms with E-state index in [1.165, 1.54) is 11.4 Å². The SMILES string of the molecule is CNCCCN(C)S(=O)(=O)c1c(C)csc1C(=O)O. The van der Waals surface area contributed by atoms with Crippen molar-refractivity contribution in [2.75, 3.05) is 27.2 Å². The first-order valence-electron chi connectivity index (χ1n) is 5.74. The number of aromatic carboxylic acids is 1. The smallest absolute Gasteiger partial charge is 0.347 e. The Kier molecular flexibility index (Phi) is 5.48. The number of hydrogen-bond acceptors (Lipinski definition) is 5. The van der Waals surface area contributed by atoms with Gasteiger partial charge in [-0.25, -0.2) is 17.5 Å². The molecule has 6 nitrogen and oxygen atoms in total. The van der Waals surface area contributed by atoms with Gasteiger partial charge in [-0.2, -0.15) is 0 Å². The van der Waals surface area contributed by atoms with Crippen molar-refractivity contribution in [1.82, 2.24) is 9.62 Å². The van der Waals surface area contributed by atoms with Crippen LogP contribution in [-0.4, -0.2) is 51.0 Å². The molecule has 19 heavy (non-hydrogen) atoms. The number of carbonyl (C=O) groups is 1. The molecule has 0 aliphatic rings. The molecule has 8 heteroatoms. The van der Waals surface area contributed by atoms with Gasteiger partial charge in [-0.05, 0) is 37.9 Å². The van der Waals surface area contributed by atoms with Crippen LogP contribution in [0.15, 0.2) is 10.3 Å². The number of thiophene rings is 1. The summed E-state index contributed by atoms with van der Waals surface area (Å²) in [4.78, 5) is 10.9. The van der Waals surface area contributed by atoms with Crippen LogP contribution in [0.25, 0.3) is 0 Å². The maximum absolute atomic E-state index is 12.4. The molecule has 0 bridgehead atoms. The Balaban J connectivity index is 3.06. The highest BCUT2D eigenvalue weighted by molar-refractivity contribution is 7.89. The lowest BCUT2D eigenvalue weighted by atomic mass is 10.3. The van der Waals surface area contributed by atoms with Gasteiger partial charge in [-0.15, -0.1) is 11.3 Å². The average Bonchev–Trinajstić information content (AvgIpc) is 2.72. The zero-order valence-corrected chi connectivity index (χ0v) is 12.8. The largest absolute Gasteiger partial charge is 0.477 e. The van der Waals surface area contributed by atoms with Crippen LogP contribution in [-0.2, 0) is 10.0 Å². The fraction of sp³-hybridized carbons (Fsp3) is 0.545. The molecule has 1 aromatic rings. The van der Waals surface area contributed by atoms with E-state index in [0.717, 1.165) is 11.3 Å². The maximum atomic E-state index is 12.4. The predicted octanol–water partition coefficient (Wildman–Crippen LogP) is 0.985. The number of nitrogens with one attached hydrogen (secondary N) is 1. The number of sulfonamides is 1. The third-order valence-electron chi connectivity index (χ3n) is 2.68. The van der Waals surface area contributed by atoms with Crippen LogP contribution in [0, 0.1) is 6.92 Å². The topological polar surface area (TPSA) is 86.7 Å². The van der Waals surface area contributed by atoms with Crippen molar-refractivity contribution in [2.45, 2.75) is 18.2 Å². The fourth-order valence-electron chi connectivity index (χ4n) is 1.66. The van der Waals surface area contributed by atoms with E-state index in [1.54, 1.807) is 19.4 Å². The number of aryl methyl sites for hydroxylation is 1. The van der Waals surface area contributed by atoms with E-state index in [-0.39, 0.29) is 9.77 Å². The van der Waals surface area contributed by atoms with Crippen molar-refractivity contribution in [3.63, 3.8) is 0 Å². The summed E-state index contributed by atoms with van der Waals surface area (Å²) in [7, 11) is -0.490. The van der Waals surface area contributed by atoms with Gasteiger partial charge >= 0.3 is 5.97 Å². The predicted molar refractivity (Wildman–Crippen MR) is 74.4 cm³/mol. The summed E-state index contributed by atoms with van der Waals surface area (Å²) < 4.78 is 26.0. The molecule has 0 aliphatic carbocycles. The highest BCUT2D eigenvalue weighted by Gasteiger charge is 2.29. The molecule has 0 aromatic carbocycles. The van der Waals surface area contributed by atoms with Crippen LogP contribution < -0.4 is 5.32 Å². The number of nitrogens with zero attached hydrogens (tertiary/aromatic N) is 1. The Morgan fingerprint density at radius 3 is 2.68 bits per heavy atom. The summed E-state index contributed by atoms with van der Waals surface area (Å²) in [5.74, 6) is -1.21. The Morgan fingerprint density at radius 1 is 1.53 bits per heavy atom. The molecular formula is C11H18N2O4S2. The Morgan fingerprint density at radius 2 is 2.16 bits per heavy atom. The molecular weight excluding hydrogens is 288 g/mol.